The molecule has 0 bridgehead atoms. The van der Waals surface area contributed by atoms with Crippen LogP contribution in [-0.2, 0) is 16.6 Å². The molecule has 3 rings (SSSR count). The molecule has 11 heteroatoms. The van der Waals surface area contributed by atoms with Crippen molar-refractivity contribution in [1.82, 2.24) is 18.8 Å². The highest BCUT2D eigenvalue weighted by molar-refractivity contribution is 7.89. The van der Waals surface area contributed by atoms with Crippen molar-refractivity contribution in [3.8, 4) is 0 Å². The molecular formula is C17H24N6O4S. The van der Waals surface area contributed by atoms with Gasteiger partial charge in [0.1, 0.15) is 5.69 Å². The fraction of sp³-hybridized carbons (Fsp3) is 0.471. The summed E-state index contributed by atoms with van der Waals surface area (Å²) >= 11 is 0. The third-order valence-electron chi connectivity index (χ3n) is 4.71. The highest BCUT2D eigenvalue weighted by Crippen LogP contribution is 2.30. The Balaban J connectivity index is 1.81. The monoisotopic (exact) mass is 408 g/mol. The summed E-state index contributed by atoms with van der Waals surface area (Å²) in [5.74, 6) is 0. The van der Waals surface area contributed by atoms with E-state index in [-0.39, 0.29) is 22.3 Å². The van der Waals surface area contributed by atoms with Crippen LogP contribution in [0.1, 0.15) is 6.92 Å². The highest BCUT2D eigenvalue weighted by atomic mass is 32.2. The van der Waals surface area contributed by atoms with Crippen LogP contribution in [0.3, 0.4) is 0 Å². The van der Waals surface area contributed by atoms with E-state index in [0.717, 1.165) is 6.07 Å². The van der Waals surface area contributed by atoms with Crippen molar-refractivity contribution >= 4 is 21.4 Å². The molecule has 1 aromatic heterocycles. The lowest BCUT2D eigenvalue weighted by atomic mass is 10.2. The van der Waals surface area contributed by atoms with Crippen LogP contribution in [0.4, 0.5) is 11.4 Å². The van der Waals surface area contributed by atoms with Crippen molar-refractivity contribution < 1.29 is 13.3 Å². The zero-order valence-electron chi connectivity index (χ0n) is 15.9. The van der Waals surface area contributed by atoms with Crippen molar-refractivity contribution in [2.24, 2.45) is 0 Å². The van der Waals surface area contributed by atoms with Crippen LogP contribution in [0, 0.1) is 10.1 Å². The molecule has 1 aliphatic rings. The lowest BCUT2D eigenvalue weighted by Crippen LogP contribution is -2.47. The minimum absolute atomic E-state index is 0.0587. The number of benzene rings is 1. The van der Waals surface area contributed by atoms with Gasteiger partial charge < -0.3 is 14.8 Å². The van der Waals surface area contributed by atoms with E-state index < -0.39 is 14.9 Å². The van der Waals surface area contributed by atoms with Gasteiger partial charge in [0.05, 0.1) is 16.1 Å². The first-order valence-corrected chi connectivity index (χ1v) is 10.4. The number of hydrogen-bond acceptors (Lipinski definition) is 7. The number of aromatic nitrogens is 2. The Kier molecular flexibility index (Phi) is 5.96. The second-order valence-electron chi connectivity index (χ2n) is 6.95. The molecule has 1 aliphatic heterocycles. The summed E-state index contributed by atoms with van der Waals surface area (Å²) in [6.45, 7) is 4.46. The number of sulfonamides is 1. The smallest absolute Gasteiger partial charge is 0.293 e. The summed E-state index contributed by atoms with van der Waals surface area (Å²) in [6.07, 6.45) is 5.13. The quantitative estimate of drug-likeness (QED) is 0.541. The van der Waals surface area contributed by atoms with E-state index >= 15 is 0 Å². The van der Waals surface area contributed by atoms with Crippen LogP contribution in [0.25, 0.3) is 0 Å². The molecule has 1 saturated heterocycles. The molecule has 0 aliphatic carbocycles. The Hall–Kier alpha value is -2.50. The maximum absolute atomic E-state index is 12.9. The van der Waals surface area contributed by atoms with E-state index in [2.05, 4.69) is 10.3 Å². The fourth-order valence-corrected chi connectivity index (χ4v) is 4.59. The average molecular weight is 408 g/mol. The molecule has 0 amide bonds. The van der Waals surface area contributed by atoms with Crippen LogP contribution in [0.5, 0.6) is 0 Å². The van der Waals surface area contributed by atoms with Crippen molar-refractivity contribution in [2.45, 2.75) is 24.4 Å². The molecule has 1 N–H and O–H groups in total. The molecule has 28 heavy (non-hydrogen) atoms. The van der Waals surface area contributed by atoms with Crippen molar-refractivity contribution in [1.29, 1.82) is 0 Å². The summed E-state index contributed by atoms with van der Waals surface area (Å²) in [7, 11) is -1.83. The van der Waals surface area contributed by atoms with Crippen molar-refractivity contribution in [3.05, 3.63) is 47.0 Å². The first-order valence-electron chi connectivity index (χ1n) is 8.97. The molecule has 0 spiro atoms. The van der Waals surface area contributed by atoms with Crippen LogP contribution in [0.15, 0.2) is 41.8 Å². The van der Waals surface area contributed by atoms with Gasteiger partial charge in [-0.3, -0.25) is 10.1 Å². The molecule has 1 fully saturated rings. The summed E-state index contributed by atoms with van der Waals surface area (Å²) in [5, 5.41) is 14.6. The van der Waals surface area contributed by atoms with Gasteiger partial charge in [-0.15, -0.1) is 0 Å². The van der Waals surface area contributed by atoms with E-state index in [9.17, 15) is 18.5 Å². The average Bonchev–Trinajstić information content (AvgIpc) is 3.15. The van der Waals surface area contributed by atoms with Gasteiger partial charge in [-0.1, -0.05) is 0 Å². The Bertz CT molecular complexity index is 923. The van der Waals surface area contributed by atoms with Gasteiger partial charge in [-0.25, -0.2) is 13.4 Å². The molecule has 10 nitrogen and oxygen atoms in total. The fourth-order valence-electron chi connectivity index (χ4n) is 3.14. The third kappa shape index (κ3) is 4.49. The minimum atomic E-state index is -3.77. The van der Waals surface area contributed by atoms with Crippen LogP contribution < -0.4 is 5.32 Å². The molecule has 2 heterocycles. The first-order chi connectivity index (χ1) is 13.3. The second-order valence-corrected chi connectivity index (χ2v) is 8.89. The van der Waals surface area contributed by atoms with Crippen LogP contribution in [-0.4, -0.2) is 71.4 Å². The predicted molar refractivity (Wildman–Crippen MR) is 105 cm³/mol. The SMILES string of the molecule is C[C@@H](Cn1ccnc1)Nc1ccc(S(=O)(=O)N2CCN(C)CC2)cc1[N+](=O)[O-]. The van der Waals surface area contributed by atoms with Crippen molar-refractivity contribution in [3.63, 3.8) is 0 Å². The molecule has 0 unspecified atom stereocenters. The lowest BCUT2D eigenvalue weighted by molar-refractivity contribution is -0.384. The maximum Gasteiger partial charge on any atom is 0.293 e. The zero-order chi connectivity index (χ0) is 20.3. The summed E-state index contributed by atoms with van der Waals surface area (Å²) in [4.78, 5) is 16.9. The molecule has 0 saturated carbocycles. The van der Waals surface area contributed by atoms with E-state index in [4.69, 9.17) is 0 Å². The number of nitrogens with zero attached hydrogens (tertiary/aromatic N) is 5. The Labute approximate surface area is 164 Å². The largest absolute Gasteiger partial charge is 0.375 e. The van der Waals surface area contributed by atoms with Gasteiger partial charge in [0.15, 0.2) is 0 Å². The van der Waals surface area contributed by atoms with E-state index in [1.807, 2.05) is 23.4 Å². The van der Waals surface area contributed by atoms with E-state index in [1.54, 1.807) is 18.7 Å². The molecule has 2 aromatic rings. The number of hydrogen-bond donors (Lipinski definition) is 1. The molecular weight excluding hydrogens is 384 g/mol. The molecule has 152 valence electrons. The number of rotatable bonds is 7. The number of nitro groups is 1. The third-order valence-corrected chi connectivity index (χ3v) is 6.61. The topological polar surface area (TPSA) is 114 Å². The Morgan fingerprint density at radius 3 is 2.61 bits per heavy atom. The molecule has 1 aromatic carbocycles. The lowest BCUT2D eigenvalue weighted by Gasteiger charge is -2.31. The number of nitro benzene ring substituents is 1. The van der Waals surface area contributed by atoms with Gasteiger partial charge in [0.25, 0.3) is 5.69 Å². The summed E-state index contributed by atoms with van der Waals surface area (Å²) in [5.41, 5.74) is 0.0302. The van der Waals surface area contributed by atoms with Gasteiger partial charge in [0, 0.05) is 57.2 Å². The summed E-state index contributed by atoms with van der Waals surface area (Å²) in [6, 6.07) is 3.91. The zero-order valence-corrected chi connectivity index (χ0v) is 16.7. The standard InChI is InChI=1S/C17H24N6O4S/c1-14(12-21-6-5-18-13-21)19-16-4-3-15(11-17(16)23(24)25)28(26,27)22-9-7-20(2)8-10-22/h3-6,11,13-14,19H,7-10,12H2,1-2H3/t14-/m0/s1. The Morgan fingerprint density at radius 2 is 2.00 bits per heavy atom. The first kappa shape index (κ1) is 20.2. The summed E-state index contributed by atoms with van der Waals surface area (Å²) < 4.78 is 29.0. The predicted octanol–water partition coefficient (Wildman–Crippen LogP) is 1.23. The van der Waals surface area contributed by atoms with E-state index in [0.29, 0.717) is 32.7 Å². The van der Waals surface area contributed by atoms with Gasteiger partial charge in [-0.2, -0.15) is 4.31 Å². The van der Waals surface area contributed by atoms with Crippen molar-refractivity contribution in [2.75, 3.05) is 38.5 Å². The number of likely N-dealkylation sites (N-methyl/N-ethyl adjacent to an activating group) is 1. The maximum atomic E-state index is 12.9. The van der Waals surface area contributed by atoms with Crippen LogP contribution >= 0.6 is 0 Å². The van der Waals surface area contributed by atoms with Gasteiger partial charge in [0.2, 0.25) is 10.0 Å². The molecule has 0 radical (unpaired) electrons. The number of piperazine rings is 1. The van der Waals surface area contributed by atoms with Gasteiger partial charge in [-0.05, 0) is 26.1 Å². The number of anilines is 1. The number of nitrogens with one attached hydrogen (secondary N) is 1. The normalized spacial score (nSPS) is 17.4. The van der Waals surface area contributed by atoms with Crippen LogP contribution in [0.2, 0.25) is 0 Å². The minimum Gasteiger partial charge on any atom is -0.375 e. The van der Waals surface area contributed by atoms with Gasteiger partial charge >= 0.3 is 0 Å². The van der Waals surface area contributed by atoms with E-state index in [1.165, 1.54) is 16.4 Å². The number of imidazole rings is 1. The Morgan fingerprint density at radius 1 is 1.29 bits per heavy atom. The second kappa shape index (κ2) is 8.25. The molecule has 1 atom stereocenters. The highest BCUT2D eigenvalue weighted by Gasteiger charge is 2.29.